The minimum atomic E-state index is -0.660. The van der Waals surface area contributed by atoms with Gasteiger partial charge >= 0.3 is 0 Å². The molecule has 0 spiro atoms. The Hall–Kier alpha value is -1.81. The van der Waals surface area contributed by atoms with E-state index in [1.54, 1.807) is 12.1 Å². The molecule has 96 valence electrons. The molecule has 1 heterocycles. The molecule has 1 aromatic carbocycles. The van der Waals surface area contributed by atoms with Gasteiger partial charge in [0.05, 0.1) is 12.6 Å². The van der Waals surface area contributed by atoms with Gasteiger partial charge in [-0.2, -0.15) is 0 Å². The minimum absolute atomic E-state index is 0.295. The number of hydrogen-bond donors (Lipinski definition) is 2. The van der Waals surface area contributed by atoms with E-state index in [1.165, 1.54) is 12.1 Å². The highest BCUT2D eigenvalue weighted by Crippen LogP contribution is 2.13. The van der Waals surface area contributed by atoms with Crippen molar-refractivity contribution in [2.24, 2.45) is 0 Å². The largest absolute Gasteiger partial charge is 0.387 e. The molecule has 0 amide bonds. The van der Waals surface area contributed by atoms with E-state index >= 15 is 0 Å². The number of aliphatic hydroxyl groups is 1. The van der Waals surface area contributed by atoms with Crippen LogP contribution in [0.5, 0.6) is 0 Å². The lowest BCUT2D eigenvalue weighted by molar-refractivity contribution is 0.188. The van der Waals surface area contributed by atoms with Crippen molar-refractivity contribution in [3.05, 3.63) is 59.2 Å². The molecule has 3 nitrogen and oxygen atoms in total. The number of nitrogens with one attached hydrogen (secondary N) is 1. The van der Waals surface area contributed by atoms with E-state index < -0.39 is 6.10 Å². The fourth-order valence-electron chi connectivity index (χ4n) is 1.90. The first kappa shape index (κ1) is 12.6. The van der Waals surface area contributed by atoms with Crippen LogP contribution < -0.4 is 5.43 Å². The lowest BCUT2D eigenvalue weighted by Gasteiger charge is -2.16. The third kappa shape index (κ3) is 2.71. The second-order valence-electron chi connectivity index (χ2n) is 4.38. The molecular formula is C14H17FN2O. The first-order valence-corrected chi connectivity index (χ1v) is 5.90. The minimum Gasteiger partial charge on any atom is -0.387 e. The predicted octanol–water partition coefficient (Wildman–Crippen LogP) is 2.52. The summed E-state index contributed by atoms with van der Waals surface area (Å²) in [5.41, 5.74) is 6.01. The van der Waals surface area contributed by atoms with E-state index in [-0.39, 0.29) is 5.82 Å². The average Bonchev–Trinajstić information content (AvgIpc) is 2.67. The fraction of sp³-hybridized carbons (Fsp3) is 0.286. The molecule has 0 saturated heterocycles. The van der Waals surface area contributed by atoms with Gasteiger partial charge in [-0.15, -0.1) is 0 Å². The predicted molar refractivity (Wildman–Crippen MR) is 69.5 cm³/mol. The van der Waals surface area contributed by atoms with Crippen LogP contribution in [-0.2, 0) is 0 Å². The van der Waals surface area contributed by atoms with Crippen molar-refractivity contribution >= 4 is 0 Å². The van der Waals surface area contributed by atoms with E-state index in [9.17, 15) is 9.50 Å². The number of hydrogen-bond acceptors (Lipinski definition) is 2. The van der Waals surface area contributed by atoms with Gasteiger partial charge in [0.15, 0.2) is 0 Å². The third-order valence-electron chi connectivity index (χ3n) is 2.97. The van der Waals surface area contributed by atoms with Crippen LogP contribution in [-0.4, -0.2) is 16.3 Å². The maximum absolute atomic E-state index is 12.8. The van der Waals surface area contributed by atoms with Crippen molar-refractivity contribution in [2.75, 3.05) is 12.0 Å². The first-order chi connectivity index (χ1) is 8.58. The van der Waals surface area contributed by atoms with E-state index in [0.717, 1.165) is 11.4 Å². The Morgan fingerprint density at radius 2 is 1.67 bits per heavy atom. The number of aryl methyl sites for hydroxylation is 2. The van der Waals surface area contributed by atoms with Crippen LogP contribution in [0.25, 0.3) is 0 Å². The highest BCUT2D eigenvalue weighted by atomic mass is 19.1. The molecular weight excluding hydrogens is 231 g/mol. The van der Waals surface area contributed by atoms with Crippen LogP contribution in [0.2, 0.25) is 0 Å². The van der Waals surface area contributed by atoms with Crippen LogP contribution in [0.4, 0.5) is 4.39 Å². The summed E-state index contributed by atoms with van der Waals surface area (Å²) >= 11 is 0. The average molecular weight is 248 g/mol. The summed E-state index contributed by atoms with van der Waals surface area (Å²) in [5.74, 6) is -0.295. The SMILES string of the molecule is Cc1ccc(C)n1NCC(O)c1ccc(F)cc1. The molecule has 2 aromatic rings. The van der Waals surface area contributed by atoms with Crippen molar-refractivity contribution in [3.63, 3.8) is 0 Å². The molecule has 1 unspecified atom stereocenters. The lowest BCUT2D eigenvalue weighted by atomic mass is 10.1. The Labute approximate surface area is 106 Å². The zero-order chi connectivity index (χ0) is 13.1. The van der Waals surface area contributed by atoms with Crippen molar-refractivity contribution < 1.29 is 9.50 Å². The summed E-state index contributed by atoms with van der Waals surface area (Å²) in [5, 5.41) is 9.99. The van der Waals surface area contributed by atoms with Gasteiger partial charge in [0.25, 0.3) is 0 Å². The molecule has 0 aliphatic heterocycles. The molecule has 0 aliphatic carbocycles. The van der Waals surface area contributed by atoms with Crippen molar-refractivity contribution in [1.29, 1.82) is 0 Å². The molecule has 0 bridgehead atoms. The molecule has 2 rings (SSSR count). The van der Waals surface area contributed by atoms with Gasteiger partial charge in [-0.1, -0.05) is 12.1 Å². The van der Waals surface area contributed by atoms with E-state index in [0.29, 0.717) is 12.1 Å². The molecule has 1 aromatic heterocycles. The normalized spacial score (nSPS) is 12.4. The van der Waals surface area contributed by atoms with Gasteiger partial charge in [-0.3, -0.25) is 4.68 Å². The summed E-state index contributed by atoms with van der Waals surface area (Å²) in [6, 6.07) is 9.91. The summed E-state index contributed by atoms with van der Waals surface area (Å²) in [6.07, 6.45) is -0.660. The number of aliphatic hydroxyl groups excluding tert-OH is 1. The molecule has 0 radical (unpaired) electrons. The van der Waals surface area contributed by atoms with Gasteiger partial charge in [-0.25, -0.2) is 4.39 Å². The van der Waals surface area contributed by atoms with Crippen molar-refractivity contribution in [3.8, 4) is 0 Å². The molecule has 0 saturated carbocycles. The first-order valence-electron chi connectivity index (χ1n) is 5.90. The van der Waals surface area contributed by atoms with E-state index in [4.69, 9.17) is 0 Å². The second-order valence-corrected chi connectivity index (χ2v) is 4.38. The zero-order valence-electron chi connectivity index (χ0n) is 10.5. The maximum atomic E-state index is 12.8. The number of benzene rings is 1. The van der Waals surface area contributed by atoms with Gasteiger partial charge in [0.1, 0.15) is 5.82 Å². The van der Waals surface area contributed by atoms with Crippen molar-refractivity contribution in [1.82, 2.24) is 4.68 Å². The maximum Gasteiger partial charge on any atom is 0.123 e. The highest BCUT2D eigenvalue weighted by Gasteiger charge is 2.08. The van der Waals surface area contributed by atoms with Crippen molar-refractivity contribution in [2.45, 2.75) is 20.0 Å². The van der Waals surface area contributed by atoms with Crippen LogP contribution >= 0.6 is 0 Å². The van der Waals surface area contributed by atoms with E-state index in [2.05, 4.69) is 5.43 Å². The Morgan fingerprint density at radius 3 is 2.22 bits per heavy atom. The Bertz CT molecular complexity index is 500. The Morgan fingerprint density at radius 1 is 1.11 bits per heavy atom. The second kappa shape index (κ2) is 5.23. The zero-order valence-corrected chi connectivity index (χ0v) is 10.5. The van der Waals surface area contributed by atoms with Crippen LogP contribution in [0, 0.1) is 19.7 Å². The van der Waals surface area contributed by atoms with Gasteiger partial charge < -0.3 is 10.5 Å². The van der Waals surface area contributed by atoms with Crippen LogP contribution in [0.1, 0.15) is 23.1 Å². The fourth-order valence-corrected chi connectivity index (χ4v) is 1.90. The molecule has 18 heavy (non-hydrogen) atoms. The third-order valence-corrected chi connectivity index (χ3v) is 2.97. The van der Waals surface area contributed by atoms with E-state index in [1.807, 2.05) is 30.7 Å². The van der Waals surface area contributed by atoms with Crippen LogP contribution in [0.3, 0.4) is 0 Å². The molecule has 0 fully saturated rings. The summed E-state index contributed by atoms with van der Waals surface area (Å²) < 4.78 is 14.7. The molecule has 4 heteroatoms. The number of halogens is 1. The molecule has 0 aliphatic rings. The Balaban J connectivity index is 2.00. The monoisotopic (exact) mass is 248 g/mol. The smallest absolute Gasteiger partial charge is 0.123 e. The number of aromatic nitrogens is 1. The van der Waals surface area contributed by atoms with Gasteiger partial charge in [0, 0.05) is 11.4 Å². The van der Waals surface area contributed by atoms with Crippen LogP contribution in [0.15, 0.2) is 36.4 Å². The molecule has 2 N–H and O–H groups in total. The standard InChI is InChI=1S/C14H17FN2O/c1-10-3-4-11(2)17(10)16-9-14(18)12-5-7-13(15)8-6-12/h3-8,14,16,18H,9H2,1-2H3. The number of rotatable bonds is 4. The van der Waals surface area contributed by atoms with Gasteiger partial charge in [-0.05, 0) is 43.7 Å². The summed E-state index contributed by atoms with van der Waals surface area (Å²) in [6.45, 7) is 4.36. The topological polar surface area (TPSA) is 37.2 Å². The molecule has 1 atom stereocenters. The Kier molecular flexibility index (Phi) is 3.67. The van der Waals surface area contributed by atoms with Gasteiger partial charge in [0.2, 0.25) is 0 Å². The summed E-state index contributed by atoms with van der Waals surface area (Å²) in [4.78, 5) is 0. The highest BCUT2D eigenvalue weighted by molar-refractivity contribution is 5.20. The quantitative estimate of drug-likeness (QED) is 0.872. The number of nitrogens with zero attached hydrogens (tertiary/aromatic N) is 1. The lowest BCUT2D eigenvalue weighted by Crippen LogP contribution is -2.23. The summed E-state index contributed by atoms with van der Waals surface area (Å²) in [7, 11) is 0.